The van der Waals surface area contributed by atoms with Gasteiger partial charge < -0.3 is 26.1 Å². The summed E-state index contributed by atoms with van der Waals surface area (Å²) in [5.41, 5.74) is 10.6. The number of hydrogen-bond donors (Lipinski definition) is 4. The van der Waals surface area contributed by atoms with Crippen molar-refractivity contribution in [3.63, 3.8) is 0 Å². The molecular weight excluding hydrogens is 483 g/mol. The molecule has 9 heteroatoms. The monoisotopic (exact) mass is 514 g/mol. The van der Waals surface area contributed by atoms with E-state index in [2.05, 4.69) is 57.6 Å². The number of ether oxygens (including phenoxy) is 1. The van der Waals surface area contributed by atoms with Crippen molar-refractivity contribution in [3.05, 3.63) is 77.9 Å². The summed E-state index contributed by atoms with van der Waals surface area (Å²) >= 11 is 0. The molecule has 0 aliphatic carbocycles. The first-order chi connectivity index (χ1) is 18.3. The quantitative estimate of drug-likeness (QED) is 0.237. The normalized spacial score (nSPS) is 14.0. The van der Waals surface area contributed by atoms with Crippen LogP contribution in [0.1, 0.15) is 36.2 Å². The number of amides is 1. The lowest BCUT2D eigenvalue weighted by Gasteiger charge is -2.29. The molecule has 1 aliphatic rings. The lowest BCUT2D eigenvalue weighted by molar-refractivity contribution is 0.100. The molecule has 0 fully saturated rings. The van der Waals surface area contributed by atoms with Crippen molar-refractivity contribution in [2.75, 3.05) is 30.8 Å². The third kappa shape index (κ3) is 5.19. The van der Waals surface area contributed by atoms with Crippen molar-refractivity contribution >= 4 is 45.3 Å². The Labute approximate surface area is 220 Å². The summed E-state index contributed by atoms with van der Waals surface area (Å²) in [5.74, 6) is 0.322. The van der Waals surface area contributed by atoms with E-state index in [-0.39, 0.29) is 11.3 Å². The Morgan fingerprint density at radius 2 is 1.95 bits per heavy atom. The zero-order chi connectivity index (χ0) is 26.8. The van der Waals surface area contributed by atoms with Gasteiger partial charge in [0.15, 0.2) is 0 Å². The number of fused-ring (bicyclic) bond motifs is 1. The highest BCUT2D eigenvalue weighted by Gasteiger charge is 2.17. The number of H-pyrrole nitrogens is 1. The lowest BCUT2D eigenvalue weighted by Crippen LogP contribution is -2.34. The minimum Gasteiger partial charge on any atom is -0.495 e. The zero-order valence-electron chi connectivity index (χ0n) is 21.6. The summed E-state index contributed by atoms with van der Waals surface area (Å²) < 4.78 is 19.6. The van der Waals surface area contributed by atoms with Crippen molar-refractivity contribution in [3.8, 4) is 5.75 Å². The number of anilines is 4. The van der Waals surface area contributed by atoms with E-state index < -0.39 is 11.7 Å². The van der Waals surface area contributed by atoms with Crippen LogP contribution in [0.15, 0.2) is 60.9 Å². The standard InChI is InChI=1S/C29H31FN6O2/c1-17(2)36-10-8-18(9-11-36)19-4-7-23(27(12-19)38-3)34-28-14-22-25(15-32-16-26(22)35-28)33-24-13-20(30)5-6-21(24)29(31)37/h4-8,12-17,33-35H,9-11H2,1-3H3,(H2,31,37). The summed E-state index contributed by atoms with van der Waals surface area (Å²) in [4.78, 5) is 21.9. The van der Waals surface area contributed by atoms with E-state index in [4.69, 9.17) is 10.5 Å². The van der Waals surface area contributed by atoms with Crippen LogP contribution in [0.2, 0.25) is 0 Å². The number of benzene rings is 2. The molecule has 8 nitrogen and oxygen atoms in total. The van der Waals surface area contributed by atoms with Gasteiger partial charge in [-0.2, -0.15) is 0 Å². The van der Waals surface area contributed by atoms with Gasteiger partial charge in [0.2, 0.25) is 0 Å². The van der Waals surface area contributed by atoms with Crippen LogP contribution in [0.3, 0.4) is 0 Å². The van der Waals surface area contributed by atoms with E-state index in [1.165, 1.54) is 23.8 Å². The molecule has 1 aliphatic heterocycles. The van der Waals surface area contributed by atoms with Crippen LogP contribution in [-0.4, -0.2) is 47.0 Å². The highest BCUT2D eigenvalue weighted by molar-refractivity contribution is 6.02. The number of methoxy groups -OCH3 is 1. The van der Waals surface area contributed by atoms with E-state index in [0.29, 0.717) is 11.7 Å². The average molecular weight is 515 g/mol. The number of aromatic amines is 1. The van der Waals surface area contributed by atoms with Gasteiger partial charge in [0.05, 0.1) is 47.6 Å². The topological polar surface area (TPSA) is 108 Å². The van der Waals surface area contributed by atoms with Crippen LogP contribution in [0, 0.1) is 5.82 Å². The summed E-state index contributed by atoms with van der Waals surface area (Å²) in [7, 11) is 1.66. The Bertz CT molecular complexity index is 1530. The van der Waals surface area contributed by atoms with Crippen LogP contribution < -0.4 is 21.1 Å². The van der Waals surface area contributed by atoms with Crippen molar-refractivity contribution in [1.29, 1.82) is 0 Å². The fraction of sp³-hybridized carbons (Fsp3) is 0.241. The molecule has 5 rings (SSSR count). The maximum absolute atomic E-state index is 13.9. The molecule has 2 aromatic heterocycles. The first-order valence-electron chi connectivity index (χ1n) is 12.5. The van der Waals surface area contributed by atoms with Gasteiger partial charge in [-0.3, -0.25) is 14.7 Å². The summed E-state index contributed by atoms with van der Waals surface area (Å²) in [6, 6.07) is 12.4. The Hall–Kier alpha value is -4.37. The second-order valence-corrected chi connectivity index (χ2v) is 9.62. The molecule has 3 heterocycles. The van der Waals surface area contributed by atoms with Gasteiger partial charge in [-0.15, -0.1) is 0 Å². The number of carbonyl (C=O) groups excluding carboxylic acids is 1. The number of halogens is 1. The number of nitrogens with zero attached hydrogens (tertiary/aromatic N) is 2. The largest absolute Gasteiger partial charge is 0.495 e. The average Bonchev–Trinajstić information content (AvgIpc) is 3.32. The Morgan fingerprint density at radius 3 is 2.66 bits per heavy atom. The fourth-order valence-electron chi connectivity index (χ4n) is 4.75. The Kier molecular flexibility index (Phi) is 7.02. The molecule has 0 unspecified atom stereocenters. The second kappa shape index (κ2) is 10.5. The smallest absolute Gasteiger partial charge is 0.250 e. The van der Waals surface area contributed by atoms with Gasteiger partial charge in [0.1, 0.15) is 17.4 Å². The molecular formula is C29H31FN6O2. The molecule has 0 saturated carbocycles. The lowest BCUT2D eigenvalue weighted by atomic mass is 9.98. The van der Waals surface area contributed by atoms with Crippen LogP contribution in [0.5, 0.6) is 5.75 Å². The third-order valence-electron chi connectivity index (χ3n) is 6.87. The van der Waals surface area contributed by atoms with Crippen molar-refractivity contribution in [2.45, 2.75) is 26.3 Å². The molecule has 196 valence electrons. The molecule has 38 heavy (non-hydrogen) atoms. The number of pyridine rings is 1. The molecule has 0 bridgehead atoms. The van der Waals surface area contributed by atoms with E-state index in [1.807, 2.05) is 12.1 Å². The second-order valence-electron chi connectivity index (χ2n) is 9.62. The van der Waals surface area contributed by atoms with Gasteiger partial charge >= 0.3 is 0 Å². The summed E-state index contributed by atoms with van der Waals surface area (Å²) in [6.45, 7) is 6.44. The minimum absolute atomic E-state index is 0.187. The predicted octanol–water partition coefficient (Wildman–Crippen LogP) is 5.79. The maximum Gasteiger partial charge on any atom is 0.250 e. The molecule has 1 amide bonds. The van der Waals surface area contributed by atoms with Crippen molar-refractivity contribution < 1.29 is 13.9 Å². The molecule has 0 radical (unpaired) electrons. The molecule has 5 N–H and O–H groups in total. The van der Waals surface area contributed by atoms with E-state index >= 15 is 0 Å². The number of carbonyl (C=O) groups is 1. The minimum atomic E-state index is -0.652. The Balaban J connectivity index is 1.40. The van der Waals surface area contributed by atoms with E-state index in [9.17, 15) is 9.18 Å². The zero-order valence-corrected chi connectivity index (χ0v) is 21.6. The molecule has 0 saturated heterocycles. The van der Waals surface area contributed by atoms with E-state index in [1.54, 1.807) is 19.5 Å². The Morgan fingerprint density at radius 1 is 1.11 bits per heavy atom. The molecule has 0 atom stereocenters. The SMILES string of the molecule is COc1cc(C2=CCN(C(C)C)CC2)ccc1Nc1cc2c(Nc3cc(F)ccc3C(N)=O)cncc2[nH]1. The van der Waals surface area contributed by atoms with Crippen LogP contribution in [0.25, 0.3) is 16.5 Å². The van der Waals surface area contributed by atoms with Crippen molar-refractivity contribution in [2.24, 2.45) is 5.73 Å². The van der Waals surface area contributed by atoms with Gasteiger partial charge in [-0.1, -0.05) is 12.1 Å². The maximum atomic E-state index is 13.9. The number of aromatic nitrogens is 2. The van der Waals surface area contributed by atoms with Crippen LogP contribution in [0.4, 0.5) is 27.3 Å². The highest BCUT2D eigenvalue weighted by atomic mass is 19.1. The van der Waals surface area contributed by atoms with E-state index in [0.717, 1.165) is 53.2 Å². The molecule has 2 aromatic carbocycles. The predicted molar refractivity (Wildman–Crippen MR) is 150 cm³/mol. The first-order valence-corrected chi connectivity index (χ1v) is 12.5. The fourth-order valence-corrected chi connectivity index (χ4v) is 4.75. The van der Waals surface area contributed by atoms with Gasteiger partial charge in [0, 0.05) is 24.5 Å². The summed E-state index contributed by atoms with van der Waals surface area (Å²) in [6.07, 6.45) is 6.61. The molecule has 4 aromatic rings. The number of rotatable bonds is 8. The van der Waals surface area contributed by atoms with Crippen LogP contribution >= 0.6 is 0 Å². The number of nitrogens with one attached hydrogen (secondary N) is 3. The van der Waals surface area contributed by atoms with Gasteiger partial charge in [-0.25, -0.2) is 4.39 Å². The van der Waals surface area contributed by atoms with Gasteiger partial charge in [-0.05, 0) is 67.8 Å². The van der Waals surface area contributed by atoms with Gasteiger partial charge in [0.25, 0.3) is 5.91 Å². The van der Waals surface area contributed by atoms with Crippen LogP contribution in [-0.2, 0) is 0 Å². The van der Waals surface area contributed by atoms with Crippen molar-refractivity contribution in [1.82, 2.24) is 14.9 Å². The first kappa shape index (κ1) is 25.3. The molecule has 0 spiro atoms. The highest BCUT2D eigenvalue weighted by Crippen LogP contribution is 2.35. The summed E-state index contributed by atoms with van der Waals surface area (Å²) in [5, 5.41) is 7.31. The number of primary amides is 1. The third-order valence-corrected chi connectivity index (χ3v) is 6.87. The number of hydrogen-bond acceptors (Lipinski definition) is 6. The number of nitrogens with two attached hydrogens (primary N) is 1.